The molecule has 0 saturated carbocycles. The van der Waals surface area contributed by atoms with Crippen LogP contribution in [0.25, 0.3) is 0 Å². The molecule has 2 bridgehead atoms. The van der Waals surface area contributed by atoms with Crippen molar-refractivity contribution >= 4 is 11.6 Å². The van der Waals surface area contributed by atoms with E-state index >= 15 is 0 Å². The van der Waals surface area contributed by atoms with Crippen molar-refractivity contribution < 1.29 is 4.74 Å². The molecule has 0 unspecified atom stereocenters. The fourth-order valence-corrected chi connectivity index (χ4v) is 3.29. The standard InChI is InChI=1S/C14H18ClNO/c1-16-11-4-5-12(16)9-14(8-11)17-13-6-2-10(15)3-7-13/h2-3,6-7,11-12,14H,4-5,8-9H2,1H3/t11-,12+,14-. The highest BCUT2D eigenvalue weighted by atomic mass is 35.5. The molecule has 0 spiro atoms. The Hall–Kier alpha value is -0.730. The lowest BCUT2D eigenvalue weighted by Gasteiger charge is -2.36. The van der Waals surface area contributed by atoms with Crippen LogP contribution >= 0.6 is 11.6 Å². The van der Waals surface area contributed by atoms with E-state index in [1.54, 1.807) is 0 Å². The normalized spacial score (nSPS) is 32.7. The maximum atomic E-state index is 6.05. The van der Waals surface area contributed by atoms with E-state index in [1.807, 2.05) is 24.3 Å². The van der Waals surface area contributed by atoms with Crippen LogP contribution in [0, 0.1) is 0 Å². The number of benzene rings is 1. The number of halogens is 1. The number of rotatable bonds is 2. The molecule has 3 atom stereocenters. The third-order valence-electron chi connectivity index (χ3n) is 4.17. The summed E-state index contributed by atoms with van der Waals surface area (Å²) < 4.78 is 6.05. The number of ether oxygens (including phenoxy) is 1. The molecule has 3 rings (SSSR count). The highest BCUT2D eigenvalue weighted by Crippen LogP contribution is 2.35. The predicted octanol–water partition coefficient (Wildman–Crippen LogP) is 3.34. The second-order valence-electron chi connectivity index (χ2n) is 5.22. The van der Waals surface area contributed by atoms with E-state index in [0.29, 0.717) is 6.10 Å². The summed E-state index contributed by atoms with van der Waals surface area (Å²) in [5.74, 6) is 0.948. The molecule has 2 aliphatic heterocycles. The van der Waals surface area contributed by atoms with Crippen molar-refractivity contribution in [2.75, 3.05) is 7.05 Å². The lowest BCUT2D eigenvalue weighted by Crippen LogP contribution is -2.43. The van der Waals surface area contributed by atoms with E-state index in [0.717, 1.165) is 35.7 Å². The van der Waals surface area contributed by atoms with Crippen LogP contribution in [0.1, 0.15) is 25.7 Å². The molecule has 0 radical (unpaired) electrons. The van der Waals surface area contributed by atoms with Crippen molar-refractivity contribution in [3.05, 3.63) is 29.3 Å². The predicted molar refractivity (Wildman–Crippen MR) is 69.7 cm³/mol. The van der Waals surface area contributed by atoms with Gasteiger partial charge >= 0.3 is 0 Å². The molecule has 0 aliphatic carbocycles. The summed E-state index contributed by atoms with van der Waals surface area (Å²) in [4.78, 5) is 2.53. The van der Waals surface area contributed by atoms with Crippen molar-refractivity contribution in [2.24, 2.45) is 0 Å². The van der Waals surface area contributed by atoms with Crippen molar-refractivity contribution in [3.8, 4) is 5.75 Å². The lowest BCUT2D eigenvalue weighted by molar-refractivity contribution is 0.0662. The van der Waals surface area contributed by atoms with E-state index < -0.39 is 0 Å². The second kappa shape index (κ2) is 4.51. The topological polar surface area (TPSA) is 12.5 Å². The van der Waals surface area contributed by atoms with Crippen LogP contribution in [0.5, 0.6) is 5.75 Å². The van der Waals surface area contributed by atoms with Crippen molar-refractivity contribution in [3.63, 3.8) is 0 Å². The quantitative estimate of drug-likeness (QED) is 0.799. The SMILES string of the molecule is CN1[C@@H]2CC[C@H]1C[C@H](Oc1ccc(Cl)cc1)C2. The Labute approximate surface area is 108 Å². The zero-order chi connectivity index (χ0) is 11.8. The maximum absolute atomic E-state index is 6.05. The number of fused-ring (bicyclic) bond motifs is 2. The number of hydrogen-bond acceptors (Lipinski definition) is 2. The molecule has 0 amide bonds. The zero-order valence-corrected chi connectivity index (χ0v) is 10.9. The van der Waals surface area contributed by atoms with Crippen LogP contribution in [0.4, 0.5) is 0 Å². The first-order chi connectivity index (χ1) is 8.22. The van der Waals surface area contributed by atoms with Crippen LogP contribution in [0.3, 0.4) is 0 Å². The van der Waals surface area contributed by atoms with Crippen LogP contribution in [-0.2, 0) is 0 Å². The molecule has 2 nitrogen and oxygen atoms in total. The molecule has 2 fully saturated rings. The molecule has 1 aromatic carbocycles. The lowest BCUT2D eigenvalue weighted by atomic mass is 10.0. The summed E-state index contributed by atoms with van der Waals surface area (Å²) >= 11 is 5.87. The second-order valence-corrected chi connectivity index (χ2v) is 5.65. The minimum absolute atomic E-state index is 0.380. The molecule has 2 saturated heterocycles. The van der Waals surface area contributed by atoms with Gasteiger partial charge in [-0.1, -0.05) is 11.6 Å². The van der Waals surface area contributed by atoms with Crippen molar-refractivity contribution in [2.45, 2.75) is 43.9 Å². The number of piperidine rings is 1. The molecular weight excluding hydrogens is 234 g/mol. The van der Waals surface area contributed by atoms with Gasteiger partial charge in [0.1, 0.15) is 11.9 Å². The fourth-order valence-electron chi connectivity index (χ4n) is 3.16. The van der Waals surface area contributed by atoms with Gasteiger partial charge in [0, 0.05) is 17.1 Å². The molecule has 17 heavy (non-hydrogen) atoms. The molecule has 0 N–H and O–H groups in total. The summed E-state index contributed by atoms with van der Waals surface area (Å²) in [6.07, 6.45) is 5.37. The van der Waals surface area contributed by atoms with Gasteiger partial charge in [0.2, 0.25) is 0 Å². The van der Waals surface area contributed by atoms with Gasteiger partial charge in [-0.25, -0.2) is 0 Å². The zero-order valence-electron chi connectivity index (χ0n) is 10.1. The van der Waals surface area contributed by atoms with E-state index in [2.05, 4.69) is 11.9 Å². The third kappa shape index (κ3) is 2.29. The number of hydrogen-bond donors (Lipinski definition) is 0. The molecular formula is C14H18ClNO. The van der Waals surface area contributed by atoms with Crippen LogP contribution < -0.4 is 4.74 Å². The monoisotopic (exact) mass is 251 g/mol. The highest BCUT2D eigenvalue weighted by Gasteiger charge is 2.39. The van der Waals surface area contributed by atoms with E-state index in [9.17, 15) is 0 Å². The van der Waals surface area contributed by atoms with Crippen LogP contribution in [0.15, 0.2) is 24.3 Å². The maximum Gasteiger partial charge on any atom is 0.119 e. The Morgan fingerprint density at radius 3 is 2.29 bits per heavy atom. The third-order valence-corrected chi connectivity index (χ3v) is 4.42. The Kier molecular flexibility index (Phi) is 3.01. The minimum atomic E-state index is 0.380. The molecule has 2 heterocycles. The van der Waals surface area contributed by atoms with E-state index in [4.69, 9.17) is 16.3 Å². The van der Waals surface area contributed by atoms with Gasteiger partial charge in [-0.15, -0.1) is 0 Å². The Morgan fingerprint density at radius 2 is 1.71 bits per heavy atom. The fraction of sp³-hybridized carbons (Fsp3) is 0.571. The van der Waals surface area contributed by atoms with Gasteiger partial charge in [0.15, 0.2) is 0 Å². The van der Waals surface area contributed by atoms with E-state index in [-0.39, 0.29) is 0 Å². The highest BCUT2D eigenvalue weighted by molar-refractivity contribution is 6.30. The summed E-state index contributed by atoms with van der Waals surface area (Å²) in [6.45, 7) is 0. The van der Waals surface area contributed by atoms with Gasteiger partial charge in [-0.2, -0.15) is 0 Å². The average Bonchev–Trinajstić information content (AvgIpc) is 2.55. The van der Waals surface area contributed by atoms with Crippen LogP contribution in [-0.4, -0.2) is 30.1 Å². The summed E-state index contributed by atoms with van der Waals surface area (Å²) in [6, 6.07) is 9.16. The van der Waals surface area contributed by atoms with Gasteiger partial charge in [-0.3, -0.25) is 0 Å². The van der Waals surface area contributed by atoms with Gasteiger partial charge in [-0.05, 0) is 57.0 Å². The van der Waals surface area contributed by atoms with Crippen molar-refractivity contribution in [1.82, 2.24) is 4.90 Å². The first kappa shape index (κ1) is 11.4. The largest absolute Gasteiger partial charge is 0.490 e. The smallest absolute Gasteiger partial charge is 0.119 e. The first-order valence-electron chi connectivity index (χ1n) is 6.36. The molecule has 92 valence electrons. The Balaban J connectivity index is 1.65. The molecule has 3 heteroatoms. The Bertz CT molecular complexity index is 378. The van der Waals surface area contributed by atoms with Gasteiger partial charge < -0.3 is 9.64 Å². The van der Waals surface area contributed by atoms with Gasteiger partial charge in [0.05, 0.1) is 0 Å². The first-order valence-corrected chi connectivity index (χ1v) is 6.74. The summed E-state index contributed by atoms with van der Waals surface area (Å²) in [5, 5.41) is 0.765. The molecule has 2 aliphatic rings. The summed E-state index contributed by atoms with van der Waals surface area (Å²) in [7, 11) is 2.25. The number of nitrogens with zero attached hydrogens (tertiary/aromatic N) is 1. The minimum Gasteiger partial charge on any atom is -0.490 e. The van der Waals surface area contributed by atoms with E-state index in [1.165, 1.54) is 12.8 Å². The van der Waals surface area contributed by atoms with Gasteiger partial charge in [0.25, 0.3) is 0 Å². The van der Waals surface area contributed by atoms with Crippen LogP contribution in [0.2, 0.25) is 5.02 Å². The Morgan fingerprint density at radius 1 is 1.12 bits per heavy atom. The van der Waals surface area contributed by atoms with Crippen molar-refractivity contribution in [1.29, 1.82) is 0 Å². The average molecular weight is 252 g/mol. The molecule has 0 aromatic heterocycles. The summed E-state index contributed by atoms with van der Waals surface area (Å²) in [5.41, 5.74) is 0. The molecule has 1 aromatic rings.